The fourth-order valence-electron chi connectivity index (χ4n) is 1.70. The van der Waals surface area contributed by atoms with Gasteiger partial charge in [-0.3, -0.25) is 0 Å². The molecule has 0 spiro atoms. The molecule has 0 saturated heterocycles. The van der Waals surface area contributed by atoms with Gasteiger partial charge in [-0.15, -0.1) is 0 Å². The Morgan fingerprint density at radius 1 is 1.10 bits per heavy atom. The number of rotatable bonds is 3. The van der Waals surface area contributed by atoms with Crippen LogP contribution >= 0.6 is 0 Å². The Kier molecular flexibility index (Phi) is 4.02. The maximum Gasteiger partial charge on any atom is 0.416 e. The first-order valence-corrected chi connectivity index (χ1v) is 6.34. The molecule has 0 aliphatic rings. The quantitative estimate of drug-likeness (QED) is 0.900. The van der Waals surface area contributed by atoms with E-state index >= 15 is 0 Å². The summed E-state index contributed by atoms with van der Waals surface area (Å²) in [6, 6.07) is 6.24. The number of anilines is 3. The molecule has 21 heavy (non-hydrogen) atoms. The Labute approximate surface area is 120 Å². The van der Waals surface area contributed by atoms with E-state index in [-0.39, 0.29) is 5.92 Å². The molecular formula is C14H15F3N4. The lowest BCUT2D eigenvalue weighted by molar-refractivity contribution is -0.137. The zero-order chi connectivity index (χ0) is 15.6. The predicted octanol–water partition coefficient (Wildman–Crippen LogP) is 3.94. The van der Waals surface area contributed by atoms with Gasteiger partial charge in [0, 0.05) is 17.7 Å². The van der Waals surface area contributed by atoms with E-state index in [1.807, 2.05) is 13.8 Å². The molecule has 2 rings (SSSR count). The number of benzene rings is 1. The van der Waals surface area contributed by atoms with Crippen molar-refractivity contribution in [3.63, 3.8) is 0 Å². The minimum atomic E-state index is -4.34. The van der Waals surface area contributed by atoms with E-state index in [2.05, 4.69) is 15.3 Å². The van der Waals surface area contributed by atoms with Gasteiger partial charge in [-0.2, -0.15) is 13.2 Å². The van der Waals surface area contributed by atoms with Crippen LogP contribution in [0.2, 0.25) is 0 Å². The van der Waals surface area contributed by atoms with Crippen LogP contribution in [-0.2, 0) is 6.18 Å². The van der Waals surface area contributed by atoms with E-state index in [0.717, 1.165) is 12.1 Å². The third kappa shape index (κ3) is 3.84. The van der Waals surface area contributed by atoms with Crippen molar-refractivity contribution in [2.75, 3.05) is 11.1 Å². The summed E-state index contributed by atoms with van der Waals surface area (Å²) in [5, 5.41) is 2.92. The lowest BCUT2D eigenvalue weighted by Gasteiger charge is -2.11. The molecule has 0 aliphatic carbocycles. The second-order valence-corrected chi connectivity index (χ2v) is 4.89. The van der Waals surface area contributed by atoms with Gasteiger partial charge in [0.15, 0.2) is 0 Å². The van der Waals surface area contributed by atoms with Crippen LogP contribution in [0.25, 0.3) is 0 Å². The molecule has 7 heteroatoms. The van der Waals surface area contributed by atoms with Crippen molar-refractivity contribution in [3.8, 4) is 0 Å². The van der Waals surface area contributed by atoms with Crippen molar-refractivity contribution in [2.24, 2.45) is 0 Å². The number of nitrogens with one attached hydrogen (secondary N) is 1. The van der Waals surface area contributed by atoms with Crippen LogP contribution in [0.4, 0.5) is 30.5 Å². The molecule has 1 heterocycles. The van der Waals surface area contributed by atoms with Crippen molar-refractivity contribution in [2.45, 2.75) is 25.9 Å². The second kappa shape index (κ2) is 5.59. The van der Waals surface area contributed by atoms with E-state index in [0.29, 0.717) is 23.1 Å². The summed E-state index contributed by atoms with van der Waals surface area (Å²) in [7, 11) is 0. The highest BCUT2D eigenvalue weighted by atomic mass is 19.4. The van der Waals surface area contributed by atoms with Crippen LogP contribution in [-0.4, -0.2) is 9.97 Å². The number of halogens is 3. The molecule has 4 nitrogen and oxygen atoms in total. The fraction of sp³-hybridized carbons (Fsp3) is 0.286. The summed E-state index contributed by atoms with van der Waals surface area (Å²) in [5.74, 6) is 1.43. The molecule has 0 atom stereocenters. The molecule has 112 valence electrons. The van der Waals surface area contributed by atoms with Gasteiger partial charge in [-0.05, 0) is 24.3 Å². The first kappa shape index (κ1) is 15.1. The highest BCUT2D eigenvalue weighted by Gasteiger charge is 2.29. The monoisotopic (exact) mass is 296 g/mol. The summed E-state index contributed by atoms with van der Waals surface area (Å²) in [4.78, 5) is 8.37. The largest absolute Gasteiger partial charge is 0.416 e. The van der Waals surface area contributed by atoms with Gasteiger partial charge in [0.1, 0.15) is 17.5 Å². The Bertz CT molecular complexity index is 621. The SMILES string of the molecule is CC(C)c1nc(N)cc(Nc2ccc(C(F)(F)F)cc2)n1. The van der Waals surface area contributed by atoms with Gasteiger partial charge in [0.2, 0.25) is 0 Å². The Hall–Kier alpha value is -2.31. The van der Waals surface area contributed by atoms with Crippen LogP contribution in [0.15, 0.2) is 30.3 Å². The van der Waals surface area contributed by atoms with E-state index < -0.39 is 11.7 Å². The predicted molar refractivity (Wildman–Crippen MR) is 75.3 cm³/mol. The molecule has 3 N–H and O–H groups in total. The third-order valence-corrected chi connectivity index (χ3v) is 2.76. The average Bonchev–Trinajstić information content (AvgIpc) is 2.37. The zero-order valence-corrected chi connectivity index (χ0v) is 11.6. The smallest absolute Gasteiger partial charge is 0.384 e. The van der Waals surface area contributed by atoms with Crippen molar-refractivity contribution in [1.82, 2.24) is 9.97 Å². The highest BCUT2D eigenvalue weighted by Crippen LogP contribution is 2.30. The molecule has 0 aliphatic heterocycles. The van der Waals surface area contributed by atoms with Gasteiger partial charge in [-0.1, -0.05) is 13.8 Å². The van der Waals surface area contributed by atoms with Gasteiger partial charge < -0.3 is 11.1 Å². The molecule has 0 radical (unpaired) electrons. The lowest BCUT2D eigenvalue weighted by atomic mass is 10.2. The van der Waals surface area contributed by atoms with E-state index in [1.165, 1.54) is 18.2 Å². The first-order chi connectivity index (χ1) is 9.75. The summed E-state index contributed by atoms with van der Waals surface area (Å²) >= 11 is 0. The van der Waals surface area contributed by atoms with Crippen LogP contribution in [0.5, 0.6) is 0 Å². The molecular weight excluding hydrogens is 281 g/mol. The van der Waals surface area contributed by atoms with Gasteiger partial charge in [0.25, 0.3) is 0 Å². The fourth-order valence-corrected chi connectivity index (χ4v) is 1.70. The number of hydrogen-bond acceptors (Lipinski definition) is 4. The topological polar surface area (TPSA) is 63.8 Å². The lowest BCUT2D eigenvalue weighted by Crippen LogP contribution is -2.06. The van der Waals surface area contributed by atoms with Gasteiger partial charge in [-0.25, -0.2) is 9.97 Å². The van der Waals surface area contributed by atoms with E-state index in [4.69, 9.17) is 5.73 Å². The molecule has 2 aromatic rings. The Morgan fingerprint density at radius 3 is 2.24 bits per heavy atom. The normalized spacial score (nSPS) is 11.7. The molecule has 0 fully saturated rings. The summed E-state index contributed by atoms with van der Waals surface area (Å²) in [6.45, 7) is 3.85. The summed E-state index contributed by atoms with van der Waals surface area (Å²) in [6.07, 6.45) is -4.34. The van der Waals surface area contributed by atoms with Crippen LogP contribution in [0, 0.1) is 0 Å². The van der Waals surface area contributed by atoms with Crippen molar-refractivity contribution in [1.29, 1.82) is 0 Å². The van der Waals surface area contributed by atoms with Crippen LogP contribution < -0.4 is 11.1 Å². The molecule has 1 aromatic carbocycles. The van der Waals surface area contributed by atoms with Gasteiger partial charge >= 0.3 is 6.18 Å². The van der Waals surface area contributed by atoms with Crippen LogP contribution in [0.1, 0.15) is 31.2 Å². The highest BCUT2D eigenvalue weighted by molar-refractivity contribution is 5.59. The van der Waals surface area contributed by atoms with Crippen LogP contribution in [0.3, 0.4) is 0 Å². The summed E-state index contributed by atoms with van der Waals surface area (Å²) < 4.78 is 37.5. The minimum Gasteiger partial charge on any atom is -0.384 e. The molecule has 0 saturated carbocycles. The maximum absolute atomic E-state index is 12.5. The van der Waals surface area contributed by atoms with Crippen molar-refractivity contribution < 1.29 is 13.2 Å². The number of hydrogen-bond donors (Lipinski definition) is 2. The number of nitrogen functional groups attached to an aromatic ring is 1. The number of aromatic nitrogens is 2. The maximum atomic E-state index is 12.5. The standard InChI is InChI=1S/C14H15F3N4/c1-8(2)13-20-11(18)7-12(21-13)19-10-5-3-9(4-6-10)14(15,16)17/h3-8H,1-2H3,(H3,18,19,20,21). The third-order valence-electron chi connectivity index (χ3n) is 2.76. The number of alkyl halides is 3. The first-order valence-electron chi connectivity index (χ1n) is 6.34. The Balaban J connectivity index is 2.22. The van der Waals surface area contributed by atoms with Gasteiger partial charge in [0.05, 0.1) is 5.56 Å². The zero-order valence-electron chi connectivity index (χ0n) is 11.6. The molecule has 0 bridgehead atoms. The van der Waals surface area contributed by atoms with E-state index in [1.54, 1.807) is 0 Å². The van der Waals surface area contributed by atoms with E-state index in [9.17, 15) is 13.2 Å². The molecule has 0 unspecified atom stereocenters. The molecule has 0 amide bonds. The number of nitrogens with zero attached hydrogens (tertiary/aromatic N) is 2. The average molecular weight is 296 g/mol. The Morgan fingerprint density at radius 2 is 1.71 bits per heavy atom. The second-order valence-electron chi connectivity index (χ2n) is 4.89. The summed E-state index contributed by atoms with van der Waals surface area (Å²) in [5.41, 5.74) is 5.49. The number of nitrogens with two attached hydrogens (primary N) is 1. The minimum absolute atomic E-state index is 0.0988. The van der Waals surface area contributed by atoms with Crippen molar-refractivity contribution in [3.05, 3.63) is 41.7 Å². The van der Waals surface area contributed by atoms with Crippen molar-refractivity contribution >= 4 is 17.3 Å². The molecule has 1 aromatic heterocycles.